The van der Waals surface area contributed by atoms with Crippen LogP contribution in [0.5, 0.6) is 0 Å². The van der Waals surface area contributed by atoms with Crippen molar-refractivity contribution in [3.05, 3.63) is 47.5 Å². The molecule has 24 heavy (non-hydrogen) atoms. The van der Waals surface area contributed by atoms with Gasteiger partial charge < -0.3 is 9.47 Å². The first kappa shape index (κ1) is 18.0. The predicted octanol–water partition coefficient (Wildman–Crippen LogP) is 4.75. The van der Waals surface area contributed by atoms with Crippen molar-refractivity contribution in [3.8, 4) is 0 Å². The van der Waals surface area contributed by atoms with Crippen LogP contribution in [0.2, 0.25) is 0 Å². The number of esters is 2. The van der Waals surface area contributed by atoms with Crippen LogP contribution in [0.4, 0.5) is 0 Å². The van der Waals surface area contributed by atoms with E-state index in [0.29, 0.717) is 35.1 Å². The molecule has 0 spiro atoms. The summed E-state index contributed by atoms with van der Waals surface area (Å²) < 4.78 is 10.6. The number of benzene rings is 2. The molecular weight excluding hydrogens is 304 g/mol. The van der Waals surface area contributed by atoms with Gasteiger partial charge in [0.2, 0.25) is 0 Å². The molecule has 4 heteroatoms. The van der Waals surface area contributed by atoms with Gasteiger partial charge in [0.15, 0.2) is 0 Å². The van der Waals surface area contributed by atoms with Crippen LogP contribution in [0, 0.1) is 0 Å². The third kappa shape index (κ3) is 4.34. The molecule has 0 amide bonds. The van der Waals surface area contributed by atoms with Crippen LogP contribution in [0.3, 0.4) is 0 Å². The minimum atomic E-state index is -0.356. The van der Waals surface area contributed by atoms with Gasteiger partial charge in [-0.3, -0.25) is 0 Å². The minimum absolute atomic E-state index is 0.356. The summed E-state index contributed by atoms with van der Waals surface area (Å²) in [5, 5.41) is 1.42. The molecule has 0 atom stereocenters. The van der Waals surface area contributed by atoms with E-state index >= 15 is 0 Å². The maximum atomic E-state index is 12.3. The van der Waals surface area contributed by atoms with E-state index in [0.717, 1.165) is 25.7 Å². The highest BCUT2D eigenvalue weighted by molar-refractivity contribution is 6.11. The number of ether oxygens (including phenoxy) is 2. The summed E-state index contributed by atoms with van der Waals surface area (Å²) in [5.74, 6) is -0.712. The van der Waals surface area contributed by atoms with Crippen molar-refractivity contribution in [3.63, 3.8) is 0 Å². The Morgan fingerprint density at radius 2 is 1.17 bits per heavy atom. The maximum absolute atomic E-state index is 12.3. The molecule has 0 aliphatic rings. The first-order chi connectivity index (χ1) is 11.7. The number of rotatable bonds is 8. The highest BCUT2D eigenvalue weighted by atomic mass is 16.5. The number of unbranched alkanes of at least 4 members (excludes halogenated alkanes) is 2. The molecule has 0 radical (unpaired) electrons. The largest absolute Gasteiger partial charge is 0.462 e. The molecule has 0 heterocycles. The van der Waals surface area contributed by atoms with Gasteiger partial charge in [-0.1, -0.05) is 51.0 Å². The van der Waals surface area contributed by atoms with E-state index in [1.165, 1.54) is 0 Å². The third-order valence-electron chi connectivity index (χ3n) is 3.82. The molecule has 2 aromatic rings. The lowest BCUT2D eigenvalue weighted by molar-refractivity contribution is 0.0491. The second kappa shape index (κ2) is 9.06. The number of carbonyl (C=O) groups is 2. The summed E-state index contributed by atoms with van der Waals surface area (Å²) in [7, 11) is 0. The van der Waals surface area contributed by atoms with Gasteiger partial charge in [0.25, 0.3) is 0 Å². The first-order valence-corrected chi connectivity index (χ1v) is 8.55. The quantitative estimate of drug-likeness (QED) is 0.518. The SMILES string of the molecule is CCCCOC(=O)c1cccc2c(C(=O)OCCCC)cccc12. The van der Waals surface area contributed by atoms with E-state index < -0.39 is 0 Å². The summed E-state index contributed by atoms with van der Waals surface area (Å²) in [5.41, 5.74) is 0.957. The normalized spacial score (nSPS) is 10.6. The Hall–Kier alpha value is -2.36. The smallest absolute Gasteiger partial charge is 0.338 e. The Labute approximate surface area is 142 Å². The molecule has 0 N–H and O–H groups in total. The van der Waals surface area contributed by atoms with Crippen molar-refractivity contribution in [2.45, 2.75) is 39.5 Å². The summed E-state index contributed by atoms with van der Waals surface area (Å²) in [4.78, 5) is 24.6. The van der Waals surface area contributed by atoms with Crippen LogP contribution >= 0.6 is 0 Å². The van der Waals surface area contributed by atoms with Crippen molar-refractivity contribution in [2.24, 2.45) is 0 Å². The van der Waals surface area contributed by atoms with Gasteiger partial charge in [-0.05, 0) is 35.7 Å². The van der Waals surface area contributed by atoms with Gasteiger partial charge in [0.05, 0.1) is 24.3 Å². The number of fused-ring (bicyclic) bond motifs is 1. The van der Waals surface area contributed by atoms with Crippen LogP contribution in [0.15, 0.2) is 36.4 Å². The van der Waals surface area contributed by atoms with Crippen LogP contribution in [-0.2, 0) is 9.47 Å². The molecule has 4 nitrogen and oxygen atoms in total. The average Bonchev–Trinajstić information content (AvgIpc) is 2.61. The zero-order chi connectivity index (χ0) is 17.4. The molecule has 0 unspecified atom stereocenters. The summed E-state index contributed by atoms with van der Waals surface area (Å²) in [6.45, 7) is 4.90. The lowest BCUT2D eigenvalue weighted by Crippen LogP contribution is -2.09. The molecule has 0 aromatic heterocycles. The molecule has 128 valence electrons. The van der Waals surface area contributed by atoms with Crippen molar-refractivity contribution < 1.29 is 19.1 Å². The fourth-order valence-electron chi connectivity index (χ4n) is 2.44. The predicted molar refractivity (Wildman–Crippen MR) is 94.3 cm³/mol. The van der Waals surface area contributed by atoms with E-state index in [4.69, 9.17) is 9.47 Å². The van der Waals surface area contributed by atoms with Crippen molar-refractivity contribution in [2.75, 3.05) is 13.2 Å². The lowest BCUT2D eigenvalue weighted by atomic mass is 10.00. The van der Waals surface area contributed by atoms with E-state index in [-0.39, 0.29) is 11.9 Å². The zero-order valence-electron chi connectivity index (χ0n) is 14.3. The molecule has 0 saturated carbocycles. The minimum Gasteiger partial charge on any atom is -0.462 e. The fourth-order valence-corrected chi connectivity index (χ4v) is 2.44. The standard InChI is InChI=1S/C20H24O4/c1-3-5-13-23-19(21)17-11-7-10-16-15(17)9-8-12-18(16)20(22)24-14-6-4-2/h7-12H,3-6,13-14H2,1-2H3. The van der Waals surface area contributed by atoms with Crippen molar-refractivity contribution >= 4 is 22.7 Å². The van der Waals surface area contributed by atoms with Gasteiger partial charge in [-0.25, -0.2) is 9.59 Å². The average molecular weight is 328 g/mol. The molecule has 0 aliphatic heterocycles. The summed E-state index contributed by atoms with van der Waals surface area (Å²) in [6, 6.07) is 10.6. The molecule has 0 fully saturated rings. The van der Waals surface area contributed by atoms with Gasteiger partial charge in [0.1, 0.15) is 0 Å². The van der Waals surface area contributed by atoms with Crippen LogP contribution in [0.25, 0.3) is 10.8 Å². The van der Waals surface area contributed by atoms with Gasteiger partial charge in [-0.2, -0.15) is 0 Å². The Kier molecular flexibility index (Phi) is 6.79. The van der Waals surface area contributed by atoms with Crippen LogP contribution in [-0.4, -0.2) is 25.2 Å². The highest BCUT2D eigenvalue weighted by Crippen LogP contribution is 2.24. The Balaban J connectivity index is 2.28. The number of hydrogen-bond acceptors (Lipinski definition) is 4. The Bertz CT molecular complexity index is 645. The van der Waals surface area contributed by atoms with Crippen LogP contribution < -0.4 is 0 Å². The fraction of sp³-hybridized carbons (Fsp3) is 0.400. The second-order valence-electron chi connectivity index (χ2n) is 5.69. The van der Waals surface area contributed by atoms with Gasteiger partial charge >= 0.3 is 11.9 Å². The zero-order valence-corrected chi connectivity index (χ0v) is 14.3. The molecule has 0 bridgehead atoms. The first-order valence-electron chi connectivity index (χ1n) is 8.55. The molecule has 0 saturated heterocycles. The second-order valence-corrected chi connectivity index (χ2v) is 5.69. The summed E-state index contributed by atoms with van der Waals surface area (Å²) >= 11 is 0. The topological polar surface area (TPSA) is 52.6 Å². The third-order valence-corrected chi connectivity index (χ3v) is 3.82. The van der Waals surface area contributed by atoms with E-state index in [1.807, 2.05) is 26.0 Å². The van der Waals surface area contributed by atoms with E-state index in [2.05, 4.69) is 0 Å². The molecule has 2 rings (SSSR count). The Morgan fingerprint density at radius 1 is 0.750 bits per heavy atom. The van der Waals surface area contributed by atoms with Crippen molar-refractivity contribution in [1.29, 1.82) is 0 Å². The van der Waals surface area contributed by atoms with E-state index in [1.54, 1.807) is 24.3 Å². The number of hydrogen-bond donors (Lipinski definition) is 0. The monoisotopic (exact) mass is 328 g/mol. The number of carbonyl (C=O) groups excluding carboxylic acids is 2. The summed E-state index contributed by atoms with van der Waals surface area (Å²) in [6.07, 6.45) is 3.62. The van der Waals surface area contributed by atoms with Crippen molar-refractivity contribution in [1.82, 2.24) is 0 Å². The van der Waals surface area contributed by atoms with Crippen LogP contribution in [0.1, 0.15) is 60.2 Å². The maximum Gasteiger partial charge on any atom is 0.338 e. The molecular formula is C20H24O4. The molecule has 0 aliphatic carbocycles. The van der Waals surface area contributed by atoms with E-state index in [9.17, 15) is 9.59 Å². The Morgan fingerprint density at radius 3 is 1.54 bits per heavy atom. The highest BCUT2D eigenvalue weighted by Gasteiger charge is 2.16. The lowest BCUT2D eigenvalue weighted by Gasteiger charge is -2.10. The van der Waals surface area contributed by atoms with Gasteiger partial charge in [-0.15, -0.1) is 0 Å². The van der Waals surface area contributed by atoms with Gasteiger partial charge in [0, 0.05) is 0 Å². The molecule has 2 aromatic carbocycles.